The van der Waals surface area contributed by atoms with Crippen molar-refractivity contribution in [3.8, 4) is 11.5 Å². The second-order valence-electron chi connectivity index (χ2n) is 8.94. The molecule has 3 heterocycles. The minimum atomic E-state index is -0.629. The zero-order chi connectivity index (χ0) is 24.7. The summed E-state index contributed by atoms with van der Waals surface area (Å²) < 4.78 is 28.6. The molecule has 0 unspecified atom stereocenters. The second-order valence-corrected chi connectivity index (χ2v) is 8.94. The summed E-state index contributed by atoms with van der Waals surface area (Å²) in [5.41, 5.74) is 6.13. The number of nitrogens with one attached hydrogen (secondary N) is 2. The molecule has 0 saturated carbocycles. The van der Waals surface area contributed by atoms with Crippen molar-refractivity contribution in [2.75, 3.05) is 57.3 Å². The van der Waals surface area contributed by atoms with Gasteiger partial charge < -0.3 is 23.8 Å². The number of para-hydroxylation sites is 2. The summed E-state index contributed by atoms with van der Waals surface area (Å²) in [6, 6.07) is 8.15. The zero-order valence-corrected chi connectivity index (χ0v) is 19.9. The van der Waals surface area contributed by atoms with Gasteiger partial charge in [0.2, 0.25) is 5.43 Å². The summed E-state index contributed by atoms with van der Waals surface area (Å²) in [6.07, 6.45) is 1.53. The molecule has 0 radical (unpaired) electrons. The van der Waals surface area contributed by atoms with Crippen molar-refractivity contribution in [1.82, 2.24) is 14.9 Å². The second kappa shape index (κ2) is 9.10. The Kier molecular flexibility index (Phi) is 5.98. The van der Waals surface area contributed by atoms with Crippen LogP contribution in [0, 0.1) is 5.82 Å². The quantitative estimate of drug-likeness (QED) is 0.542. The summed E-state index contributed by atoms with van der Waals surface area (Å²) in [4.78, 5) is 30.5. The number of hydrazine groups is 1. The number of ether oxygens (including phenoxy) is 2. The molecule has 0 bridgehead atoms. The SMILES string of the molecule is COc1ccccc1NNC(=O)c1cn2c3c(c(N4CCN(C)CC4)c(F)cc3c1=O)OC[C@@H]2C. The average Bonchev–Trinajstić information content (AvgIpc) is 2.86. The van der Waals surface area contributed by atoms with E-state index < -0.39 is 17.2 Å². The number of methoxy groups -OCH3 is 1. The van der Waals surface area contributed by atoms with Gasteiger partial charge in [0.25, 0.3) is 5.91 Å². The summed E-state index contributed by atoms with van der Waals surface area (Å²) in [6.45, 7) is 5.15. The number of hydrogen-bond donors (Lipinski definition) is 2. The van der Waals surface area contributed by atoms with Crippen LogP contribution >= 0.6 is 0 Å². The lowest BCUT2D eigenvalue weighted by molar-refractivity contribution is 0.0960. The highest BCUT2D eigenvalue weighted by Gasteiger charge is 2.31. The highest BCUT2D eigenvalue weighted by Crippen LogP contribution is 2.42. The van der Waals surface area contributed by atoms with Crippen LogP contribution in [0.15, 0.2) is 41.3 Å². The maximum absolute atomic E-state index is 15.5. The molecule has 2 N–H and O–H groups in total. The van der Waals surface area contributed by atoms with E-state index in [1.807, 2.05) is 23.4 Å². The molecule has 2 aromatic carbocycles. The van der Waals surface area contributed by atoms with Crippen LogP contribution in [0.5, 0.6) is 11.5 Å². The highest BCUT2D eigenvalue weighted by molar-refractivity contribution is 6.00. The predicted molar refractivity (Wildman–Crippen MR) is 132 cm³/mol. The number of pyridine rings is 1. The first-order valence-electron chi connectivity index (χ1n) is 11.6. The van der Waals surface area contributed by atoms with Crippen LogP contribution in [0.1, 0.15) is 23.3 Å². The lowest BCUT2D eigenvalue weighted by atomic mass is 10.0. The van der Waals surface area contributed by atoms with E-state index in [4.69, 9.17) is 9.47 Å². The molecule has 9 nitrogen and oxygen atoms in total. The van der Waals surface area contributed by atoms with Crippen molar-refractivity contribution in [2.24, 2.45) is 0 Å². The standard InChI is InChI=1S/C25H28FN5O4/c1-15-14-35-24-21-16(12-18(26)22(24)30-10-8-29(2)9-11-30)23(32)17(13-31(15)21)25(33)28-27-19-6-4-5-7-20(19)34-3/h4-7,12-13,15,27H,8-11,14H2,1-3H3,(H,28,33)/t15-/m0/s1. The molecule has 10 heteroatoms. The molecule has 184 valence electrons. The van der Waals surface area contributed by atoms with E-state index in [0.717, 1.165) is 13.1 Å². The maximum Gasteiger partial charge on any atom is 0.275 e. The van der Waals surface area contributed by atoms with Crippen molar-refractivity contribution in [1.29, 1.82) is 0 Å². The molecule has 1 saturated heterocycles. The lowest BCUT2D eigenvalue weighted by Gasteiger charge is -2.37. The number of benzene rings is 2. The third-order valence-corrected chi connectivity index (χ3v) is 6.62. The molecule has 0 spiro atoms. The largest absolute Gasteiger partial charge is 0.495 e. The summed E-state index contributed by atoms with van der Waals surface area (Å²) in [5, 5.41) is 0.117. The van der Waals surface area contributed by atoms with Gasteiger partial charge in [-0.2, -0.15) is 0 Å². The van der Waals surface area contributed by atoms with E-state index in [9.17, 15) is 9.59 Å². The maximum atomic E-state index is 15.5. The van der Waals surface area contributed by atoms with Crippen molar-refractivity contribution in [3.63, 3.8) is 0 Å². The number of rotatable bonds is 5. The van der Waals surface area contributed by atoms with Crippen molar-refractivity contribution in [2.45, 2.75) is 13.0 Å². The first-order valence-corrected chi connectivity index (χ1v) is 11.6. The fourth-order valence-electron chi connectivity index (χ4n) is 4.64. The van der Waals surface area contributed by atoms with E-state index in [1.54, 1.807) is 24.3 Å². The van der Waals surface area contributed by atoms with Gasteiger partial charge in [0.1, 0.15) is 23.6 Å². The smallest absolute Gasteiger partial charge is 0.275 e. The molecule has 1 amide bonds. The van der Waals surface area contributed by atoms with Gasteiger partial charge in [-0.05, 0) is 32.2 Å². The third-order valence-electron chi connectivity index (χ3n) is 6.62. The minimum absolute atomic E-state index is 0.0913. The first kappa shape index (κ1) is 23.0. The number of nitrogens with zero attached hydrogens (tertiary/aromatic N) is 3. The number of piperazine rings is 1. The number of carbonyl (C=O) groups is 1. The zero-order valence-electron chi connectivity index (χ0n) is 19.9. The fraction of sp³-hybridized carbons (Fsp3) is 0.360. The number of amides is 1. The Hall–Kier alpha value is -3.79. The number of aromatic nitrogens is 1. The summed E-state index contributed by atoms with van der Waals surface area (Å²) >= 11 is 0. The number of halogens is 1. The summed E-state index contributed by atoms with van der Waals surface area (Å²) in [5.74, 6) is -0.263. The molecular weight excluding hydrogens is 453 g/mol. The van der Waals surface area contributed by atoms with E-state index in [-0.39, 0.29) is 17.0 Å². The number of carbonyl (C=O) groups excluding carboxylic acids is 1. The predicted octanol–water partition coefficient (Wildman–Crippen LogP) is 2.61. The minimum Gasteiger partial charge on any atom is -0.495 e. The Balaban J connectivity index is 1.55. The van der Waals surface area contributed by atoms with Crippen LogP contribution in [0.2, 0.25) is 0 Å². The molecule has 1 fully saturated rings. The van der Waals surface area contributed by atoms with Gasteiger partial charge in [-0.3, -0.25) is 20.4 Å². The van der Waals surface area contributed by atoms with Gasteiger partial charge in [0, 0.05) is 32.4 Å². The number of anilines is 2. The van der Waals surface area contributed by atoms with E-state index in [2.05, 4.69) is 15.8 Å². The third kappa shape index (κ3) is 4.03. The molecule has 2 aliphatic heterocycles. The van der Waals surface area contributed by atoms with Crippen LogP contribution in [0.25, 0.3) is 10.9 Å². The molecule has 1 aromatic heterocycles. The van der Waals surface area contributed by atoms with Crippen LogP contribution in [0.3, 0.4) is 0 Å². The average molecular weight is 482 g/mol. The van der Waals surface area contributed by atoms with Gasteiger partial charge in [-0.1, -0.05) is 12.1 Å². The summed E-state index contributed by atoms with van der Waals surface area (Å²) in [7, 11) is 3.55. The Labute approximate surface area is 202 Å². The van der Waals surface area contributed by atoms with E-state index in [1.165, 1.54) is 19.4 Å². The topological polar surface area (TPSA) is 88.1 Å². The molecular formula is C25H28FN5O4. The lowest BCUT2D eigenvalue weighted by Crippen LogP contribution is -2.45. The van der Waals surface area contributed by atoms with Crippen LogP contribution in [0.4, 0.5) is 15.8 Å². The Morgan fingerprint density at radius 2 is 1.94 bits per heavy atom. The normalized spacial score (nSPS) is 17.7. The van der Waals surface area contributed by atoms with Crippen LogP contribution < -0.4 is 30.7 Å². The van der Waals surface area contributed by atoms with Gasteiger partial charge in [-0.15, -0.1) is 0 Å². The Bertz CT molecular complexity index is 1350. The Morgan fingerprint density at radius 1 is 1.20 bits per heavy atom. The van der Waals surface area contributed by atoms with Crippen molar-refractivity contribution in [3.05, 3.63) is 58.1 Å². The van der Waals surface area contributed by atoms with Crippen LogP contribution in [-0.4, -0.2) is 62.3 Å². The van der Waals surface area contributed by atoms with E-state index in [0.29, 0.717) is 48.1 Å². The first-order chi connectivity index (χ1) is 16.9. The van der Waals surface area contributed by atoms with Crippen molar-refractivity contribution >= 4 is 28.2 Å². The number of likely N-dealkylation sites (N-methyl/N-ethyl adjacent to an activating group) is 1. The molecule has 0 aliphatic carbocycles. The molecule has 1 atom stereocenters. The van der Waals surface area contributed by atoms with Crippen molar-refractivity contribution < 1.29 is 18.7 Å². The molecule has 2 aliphatic rings. The molecule has 3 aromatic rings. The van der Waals surface area contributed by atoms with Gasteiger partial charge in [0.05, 0.1) is 29.7 Å². The molecule has 5 rings (SSSR count). The van der Waals surface area contributed by atoms with Crippen LogP contribution in [-0.2, 0) is 0 Å². The highest BCUT2D eigenvalue weighted by atomic mass is 19.1. The van der Waals surface area contributed by atoms with Gasteiger partial charge >= 0.3 is 0 Å². The fourth-order valence-corrected chi connectivity index (χ4v) is 4.64. The van der Waals surface area contributed by atoms with Gasteiger partial charge in [-0.25, -0.2) is 4.39 Å². The van der Waals surface area contributed by atoms with E-state index >= 15 is 4.39 Å². The molecule has 35 heavy (non-hydrogen) atoms. The monoisotopic (exact) mass is 481 g/mol. The number of hydrogen-bond acceptors (Lipinski definition) is 7. The van der Waals surface area contributed by atoms with Gasteiger partial charge in [0.15, 0.2) is 11.6 Å². The Morgan fingerprint density at radius 3 is 2.69 bits per heavy atom.